The molecule has 2 aliphatic rings. The standard InChI is InChI=1S/C28H46O7Si/c1-8-16-30-23-22(29)24(31-17-12-13-18-33-36(6,7)28(3,4)5)27-25(26(23)34-20(2)35-27)32-19-21-14-10-9-11-15-21/h8-11,14-15,20,22-27,29H,1,12-13,16-19H2,2-7H3/t20?,22-,23-,24-,25-,26+,27-/m0/s1. The monoisotopic (exact) mass is 522 g/mol. The normalized spacial score (nSPS) is 30.8. The summed E-state index contributed by atoms with van der Waals surface area (Å²) in [6.07, 6.45) is -0.564. The summed E-state index contributed by atoms with van der Waals surface area (Å²) < 4.78 is 37.0. The Balaban J connectivity index is 1.63. The molecule has 2 fully saturated rings. The molecule has 1 saturated carbocycles. The minimum atomic E-state index is -1.76. The van der Waals surface area contributed by atoms with Crippen LogP contribution in [0, 0.1) is 0 Å². The van der Waals surface area contributed by atoms with Crippen LogP contribution in [0.15, 0.2) is 43.0 Å². The molecule has 7 nitrogen and oxygen atoms in total. The fraction of sp³-hybridized carbons (Fsp3) is 0.714. The van der Waals surface area contributed by atoms with Crippen molar-refractivity contribution in [2.45, 2.75) is 108 Å². The van der Waals surface area contributed by atoms with Gasteiger partial charge in [0.05, 0.1) is 13.2 Å². The summed E-state index contributed by atoms with van der Waals surface area (Å²) in [5, 5.41) is 11.4. The van der Waals surface area contributed by atoms with Gasteiger partial charge in [-0.05, 0) is 43.5 Å². The van der Waals surface area contributed by atoms with Gasteiger partial charge < -0.3 is 33.2 Å². The molecular formula is C28H46O7Si. The molecule has 1 unspecified atom stereocenters. The van der Waals surface area contributed by atoms with Crippen LogP contribution in [0.1, 0.15) is 46.1 Å². The van der Waals surface area contributed by atoms with Crippen LogP contribution in [0.4, 0.5) is 0 Å². The van der Waals surface area contributed by atoms with Crippen LogP contribution >= 0.6 is 0 Å². The topological polar surface area (TPSA) is 75.6 Å². The van der Waals surface area contributed by atoms with Crippen LogP contribution in [0.3, 0.4) is 0 Å². The Labute approximate surface area is 218 Å². The van der Waals surface area contributed by atoms with Crippen LogP contribution in [-0.4, -0.2) is 76.2 Å². The van der Waals surface area contributed by atoms with E-state index < -0.39 is 51.2 Å². The number of hydrogen-bond donors (Lipinski definition) is 1. The Morgan fingerprint density at radius 2 is 1.56 bits per heavy atom. The lowest BCUT2D eigenvalue weighted by atomic mass is 9.83. The van der Waals surface area contributed by atoms with Gasteiger partial charge in [-0.25, -0.2) is 0 Å². The second-order valence-electron chi connectivity index (χ2n) is 11.3. The van der Waals surface area contributed by atoms with E-state index in [1.165, 1.54) is 0 Å². The summed E-state index contributed by atoms with van der Waals surface area (Å²) in [6, 6.07) is 9.97. The maximum absolute atomic E-state index is 11.2. The third-order valence-electron chi connectivity index (χ3n) is 7.48. The van der Waals surface area contributed by atoms with Crippen molar-refractivity contribution in [1.82, 2.24) is 0 Å². The highest BCUT2D eigenvalue weighted by atomic mass is 28.4. The molecule has 1 heterocycles. The molecule has 0 aromatic heterocycles. The third-order valence-corrected chi connectivity index (χ3v) is 12.0. The summed E-state index contributed by atoms with van der Waals surface area (Å²) in [5.74, 6) is 0. The van der Waals surface area contributed by atoms with Crippen molar-refractivity contribution in [2.24, 2.45) is 0 Å². The van der Waals surface area contributed by atoms with E-state index in [0.717, 1.165) is 18.4 Å². The van der Waals surface area contributed by atoms with Crippen molar-refractivity contribution < 1.29 is 33.2 Å². The van der Waals surface area contributed by atoms with E-state index in [1.54, 1.807) is 6.08 Å². The SMILES string of the molecule is C=CCO[C@H]1[C@H](O)[C@H](OCCCCO[Si](C)(C)C(C)(C)C)[C@@H]2OC(C)O[C@H]1[C@@H]2OCc1ccccc1. The molecule has 2 bridgehead atoms. The van der Waals surface area contributed by atoms with Crippen molar-refractivity contribution >= 4 is 8.32 Å². The molecule has 7 atom stereocenters. The van der Waals surface area contributed by atoms with E-state index in [4.69, 9.17) is 28.1 Å². The van der Waals surface area contributed by atoms with Crippen LogP contribution in [0.5, 0.6) is 0 Å². The van der Waals surface area contributed by atoms with Gasteiger partial charge in [-0.15, -0.1) is 6.58 Å². The minimum absolute atomic E-state index is 0.193. The van der Waals surface area contributed by atoms with Crippen LogP contribution in [-0.2, 0) is 34.7 Å². The quantitative estimate of drug-likeness (QED) is 0.226. The second-order valence-corrected chi connectivity index (χ2v) is 16.1. The number of benzene rings is 1. The molecule has 204 valence electrons. The Morgan fingerprint density at radius 1 is 0.944 bits per heavy atom. The smallest absolute Gasteiger partial charge is 0.191 e. The predicted molar refractivity (Wildman–Crippen MR) is 142 cm³/mol. The van der Waals surface area contributed by atoms with E-state index in [9.17, 15) is 5.11 Å². The molecule has 3 rings (SSSR count). The van der Waals surface area contributed by atoms with Gasteiger partial charge in [0.25, 0.3) is 0 Å². The molecule has 1 N–H and O–H groups in total. The van der Waals surface area contributed by atoms with Gasteiger partial charge in [0.15, 0.2) is 14.6 Å². The Bertz CT molecular complexity index is 797. The summed E-state index contributed by atoms with van der Waals surface area (Å²) in [7, 11) is -1.76. The number of aliphatic hydroxyl groups is 1. The van der Waals surface area contributed by atoms with Gasteiger partial charge in [-0.3, -0.25) is 0 Å². The number of ether oxygens (including phenoxy) is 5. The first kappa shape index (κ1) is 29.5. The summed E-state index contributed by atoms with van der Waals surface area (Å²) >= 11 is 0. The lowest BCUT2D eigenvalue weighted by Crippen LogP contribution is -2.70. The highest BCUT2D eigenvalue weighted by Crippen LogP contribution is 2.38. The Morgan fingerprint density at radius 3 is 2.17 bits per heavy atom. The molecular weight excluding hydrogens is 476 g/mol. The van der Waals surface area contributed by atoms with Crippen LogP contribution in [0.2, 0.25) is 18.1 Å². The van der Waals surface area contributed by atoms with Gasteiger partial charge in [0.1, 0.15) is 36.6 Å². The molecule has 1 aromatic rings. The maximum atomic E-state index is 11.2. The van der Waals surface area contributed by atoms with E-state index >= 15 is 0 Å². The van der Waals surface area contributed by atoms with E-state index in [-0.39, 0.29) is 5.04 Å². The molecule has 0 spiro atoms. The minimum Gasteiger partial charge on any atom is -0.417 e. The molecule has 0 amide bonds. The molecule has 1 aliphatic carbocycles. The lowest BCUT2D eigenvalue weighted by molar-refractivity contribution is -0.362. The predicted octanol–water partition coefficient (Wildman–Crippen LogP) is 4.83. The van der Waals surface area contributed by atoms with Crippen molar-refractivity contribution in [3.05, 3.63) is 48.6 Å². The molecule has 1 aromatic carbocycles. The van der Waals surface area contributed by atoms with E-state index in [1.807, 2.05) is 37.3 Å². The fourth-order valence-electron chi connectivity index (χ4n) is 4.41. The Kier molecular flexibility index (Phi) is 10.7. The largest absolute Gasteiger partial charge is 0.417 e. The third kappa shape index (κ3) is 7.48. The van der Waals surface area contributed by atoms with Crippen molar-refractivity contribution in [2.75, 3.05) is 19.8 Å². The zero-order valence-corrected chi connectivity index (χ0v) is 23.9. The number of hydrogen-bond acceptors (Lipinski definition) is 7. The fourth-order valence-corrected chi connectivity index (χ4v) is 5.50. The van der Waals surface area contributed by atoms with Gasteiger partial charge in [0, 0.05) is 13.2 Å². The van der Waals surface area contributed by atoms with E-state index in [0.29, 0.717) is 26.4 Å². The first-order valence-electron chi connectivity index (χ1n) is 13.2. The first-order valence-corrected chi connectivity index (χ1v) is 16.1. The van der Waals surface area contributed by atoms with Gasteiger partial charge in [-0.2, -0.15) is 0 Å². The van der Waals surface area contributed by atoms with Crippen molar-refractivity contribution in [3.63, 3.8) is 0 Å². The van der Waals surface area contributed by atoms with Gasteiger partial charge >= 0.3 is 0 Å². The molecule has 0 radical (unpaired) electrons. The van der Waals surface area contributed by atoms with Crippen LogP contribution in [0.25, 0.3) is 0 Å². The molecule has 1 saturated heterocycles. The second kappa shape index (κ2) is 13.1. The van der Waals surface area contributed by atoms with Gasteiger partial charge in [0.2, 0.25) is 0 Å². The summed E-state index contributed by atoms with van der Waals surface area (Å²) in [6.45, 7) is 18.8. The number of fused-ring (bicyclic) bond motifs is 2. The number of rotatable bonds is 13. The average molecular weight is 523 g/mol. The number of aliphatic hydroxyl groups excluding tert-OH is 1. The molecule has 1 aliphatic heterocycles. The molecule has 36 heavy (non-hydrogen) atoms. The molecule has 8 heteroatoms. The average Bonchev–Trinajstić information content (AvgIpc) is 2.82. The lowest BCUT2D eigenvalue weighted by Gasteiger charge is -2.52. The summed E-state index contributed by atoms with van der Waals surface area (Å²) in [5.41, 5.74) is 1.05. The first-order chi connectivity index (χ1) is 17.0. The van der Waals surface area contributed by atoms with Gasteiger partial charge in [-0.1, -0.05) is 57.2 Å². The van der Waals surface area contributed by atoms with Crippen molar-refractivity contribution in [1.29, 1.82) is 0 Å². The summed E-state index contributed by atoms with van der Waals surface area (Å²) in [4.78, 5) is 0. The Hall–Kier alpha value is -1.10. The number of unbranched alkanes of at least 4 members (excludes halogenated alkanes) is 1. The van der Waals surface area contributed by atoms with Crippen molar-refractivity contribution in [3.8, 4) is 0 Å². The highest BCUT2D eigenvalue weighted by molar-refractivity contribution is 6.74. The zero-order chi connectivity index (χ0) is 26.3. The zero-order valence-electron chi connectivity index (χ0n) is 22.9. The highest BCUT2D eigenvalue weighted by Gasteiger charge is 2.57. The van der Waals surface area contributed by atoms with E-state index in [2.05, 4.69) is 40.4 Å². The maximum Gasteiger partial charge on any atom is 0.191 e. The van der Waals surface area contributed by atoms with Crippen LogP contribution < -0.4 is 0 Å².